The van der Waals surface area contributed by atoms with Crippen LogP contribution >= 0.6 is 0 Å². The Bertz CT molecular complexity index is 948. The molecule has 0 atom stereocenters. The van der Waals surface area contributed by atoms with E-state index in [0.29, 0.717) is 16.3 Å². The van der Waals surface area contributed by atoms with Crippen molar-refractivity contribution in [3.8, 4) is 11.5 Å². The topological polar surface area (TPSA) is 72.2 Å². The summed E-state index contributed by atoms with van der Waals surface area (Å²) in [5.74, 6) is 0.647. The molecular weight excluding hydrogens is 324 g/mol. The second-order valence-corrected chi connectivity index (χ2v) is 7.36. The highest BCUT2D eigenvalue weighted by atomic mass is 32.2. The van der Waals surface area contributed by atoms with E-state index in [0.717, 1.165) is 16.7 Å². The van der Waals surface area contributed by atoms with E-state index in [9.17, 15) is 8.42 Å². The van der Waals surface area contributed by atoms with Crippen molar-refractivity contribution in [2.75, 3.05) is 0 Å². The molecule has 0 fully saturated rings. The van der Waals surface area contributed by atoms with E-state index < -0.39 is 10.0 Å². The Balaban J connectivity index is 1.79. The Morgan fingerprint density at radius 1 is 1.12 bits per heavy atom. The smallest absolute Gasteiger partial charge is 0.241 e. The molecule has 0 aliphatic rings. The second-order valence-electron chi connectivity index (χ2n) is 5.62. The maximum Gasteiger partial charge on any atom is 0.241 e. The van der Waals surface area contributed by atoms with Crippen molar-refractivity contribution in [1.82, 2.24) is 9.71 Å². The lowest BCUT2D eigenvalue weighted by Crippen LogP contribution is -2.24. The van der Waals surface area contributed by atoms with E-state index in [4.69, 9.17) is 4.42 Å². The van der Waals surface area contributed by atoms with Crippen LogP contribution in [-0.2, 0) is 16.6 Å². The normalized spacial score (nSPS) is 11.6. The number of rotatable bonds is 5. The molecule has 1 N–H and O–H groups in total. The standard InChI is InChI=1S/C18H18N2O3S/c1-13-5-6-18(14(2)10-13)24(21,22)20-12-15-7-8-19-16(11-15)17-4-3-9-23-17/h3-11,20H,12H2,1-2H3. The minimum Gasteiger partial charge on any atom is -0.463 e. The van der Waals surface area contributed by atoms with Gasteiger partial charge in [-0.2, -0.15) is 0 Å². The van der Waals surface area contributed by atoms with E-state index in [1.807, 2.05) is 25.1 Å². The second kappa shape index (κ2) is 6.59. The Hall–Kier alpha value is -2.44. The van der Waals surface area contributed by atoms with E-state index in [1.54, 1.807) is 43.6 Å². The largest absolute Gasteiger partial charge is 0.463 e. The molecule has 124 valence electrons. The van der Waals surface area contributed by atoms with Gasteiger partial charge in [0.25, 0.3) is 0 Å². The molecule has 24 heavy (non-hydrogen) atoms. The summed E-state index contributed by atoms with van der Waals surface area (Å²) in [6, 6.07) is 12.5. The van der Waals surface area contributed by atoms with Gasteiger partial charge in [-0.25, -0.2) is 13.1 Å². The van der Waals surface area contributed by atoms with Crippen LogP contribution in [0.5, 0.6) is 0 Å². The van der Waals surface area contributed by atoms with Crippen LogP contribution < -0.4 is 4.72 Å². The average molecular weight is 342 g/mol. The first-order chi connectivity index (χ1) is 11.5. The zero-order valence-corrected chi connectivity index (χ0v) is 14.3. The molecule has 0 saturated carbocycles. The number of nitrogens with zero attached hydrogens (tertiary/aromatic N) is 1. The first-order valence-electron chi connectivity index (χ1n) is 7.51. The molecule has 1 aromatic carbocycles. The summed E-state index contributed by atoms with van der Waals surface area (Å²) in [5.41, 5.74) is 3.24. The van der Waals surface area contributed by atoms with Crippen LogP contribution in [0, 0.1) is 13.8 Å². The van der Waals surface area contributed by atoms with Crippen molar-refractivity contribution in [1.29, 1.82) is 0 Å². The van der Waals surface area contributed by atoms with E-state index in [2.05, 4.69) is 9.71 Å². The molecule has 0 aliphatic carbocycles. The first-order valence-corrected chi connectivity index (χ1v) is 9.00. The van der Waals surface area contributed by atoms with Crippen LogP contribution in [0.15, 0.2) is 64.2 Å². The maximum atomic E-state index is 12.5. The predicted molar refractivity (Wildman–Crippen MR) is 91.9 cm³/mol. The summed E-state index contributed by atoms with van der Waals surface area (Å²) in [6.07, 6.45) is 3.21. The maximum absolute atomic E-state index is 12.5. The number of hydrogen-bond donors (Lipinski definition) is 1. The minimum atomic E-state index is -3.57. The van der Waals surface area contributed by atoms with E-state index in [-0.39, 0.29) is 6.54 Å². The molecular formula is C18H18N2O3S. The number of furan rings is 1. The fourth-order valence-corrected chi connectivity index (χ4v) is 3.74. The van der Waals surface area contributed by atoms with Crippen LogP contribution in [0.4, 0.5) is 0 Å². The fourth-order valence-electron chi connectivity index (χ4n) is 2.50. The Kier molecular flexibility index (Phi) is 4.51. The first kappa shape index (κ1) is 16.4. The zero-order chi connectivity index (χ0) is 17.2. The minimum absolute atomic E-state index is 0.186. The van der Waals surface area contributed by atoms with Crippen molar-refractivity contribution < 1.29 is 12.8 Å². The molecule has 0 amide bonds. The Morgan fingerprint density at radius 2 is 1.96 bits per heavy atom. The Labute approximate surface area is 141 Å². The van der Waals surface area contributed by atoms with Gasteiger partial charge in [-0.15, -0.1) is 0 Å². The van der Waals surface area contributed by atoms with Crippen molar-refractivity contribution in [3.05, 3.63) is 71.6 Å². The number of benzene rings is 1. The van der Waals surface area contributed by atoms with Crippen molar-refractivity contribution in [3.63, 3.8) is 0 Å². The monoisotopic (exact) mass is 342 g/mol. The average Bonchev–Trinajstić information content (AvgIpc) is 3.07. The third-order valence-electron chi connectivity index (χ3n) is 3.68. The van der Waals surface area contributed by atoms with Crippen molar-refractivity contribution in [2.45, 2.75) is 25.3 Å². The molecule has 0 saturated heterocycles. The molecule has 2 aromatic heterocycles. The number of pyridine rings is 1. The van der Waals surface area contributed by atoms with Gasteiger partial charge in [0.05, 0.1) is 11.2 Å². The third kappa shape index (κ3) is 3.55. The van der Waals surface area contributed by atoms with Crippen LogP contribution in [0.3, 0.4) is 0 Å². The molecule has 0 bridgehead atoms. The van der Waals surface area contributed by atoms with Gasteiger partial charge in [0, 0.05) is 12.7 Å². The molecule has 5 nitrogen and oxygen atoms in total. The van der Waals surface area contributed by atoms with Crippen molar-refractivity contribution in [2.24, 2.45) is 0 Å². The lowest BCUT2D eigenvalue weighted by atomic mass is 10.2. The molecule has 6 heteroatoms. The molecule has 3 aromatic rings. The van der Waals surface area contributed by atoms with Crippen LogP contribution in [0.1, 0.15) is 16.7 Å². The summed E-state index contributed by atoms with van der Waals surface area (Å²) in [7, 11) is -3.57. The van der Waals surface area contributed by atoms with Crippen LogP contribution in [-0.4, -0.2) is 13.4 Å². The van der Waals surface area contributed by atoms with Gasteiger partial charge in [-0.3, -0.25) is 4.98 Å². The Morgan fingerprint density at radius 3 is 2.67 bits per heavy atom. The summed E-state index contributed by atoms with van der Waals surface area (Å²) < 4.78 is 33.0. The molecule has 3 rings (SSSR count). The summed E-state index contributed by atoms with van der Waals surface area (Å²) in [5, 5.41) is 0. The van der Waals surface area contributed by atoms with E-state index in [1.165, 1.54) is 0 Å². The highest BCUT2D eigenvalue weighted by Gasteiger charge is 2.16. The van der Waals surface area contributed by atoms with Gasteiger partial charge >= 0.3 is 0 Å². The quantitative estimate of drug-likeness (QED) is 0.771. The fraction of sp³-hybridized carbons (Fsp3) is 0.167. The van der Waals surface area contributed by atoms with Gasteiger partial charge in [0.1, 0.15) is 5.69 Å². The highest BCUT2D eigenvalue weighted by molar-refractivity contribution is 7.89. The van der Waals surface area contributed by atoms with Gasteiger partial charge in [0.2, 0.25) is 10.0 Å². The summed E-state index contributed by atoms with van der Waals surface area (Å²) in [4.78, 5) is 4.54. The van der Waals surface area contributed by atoms with E-state index >= 15 is 0 Å². The number of aromatic nitrogens is 1. The van der Waals surface area contributed by atoms with Gasteiger partial charge in [0.15, 0.2) is 5.76 Å². The zero-order valence-electron chi connectivity index (χ0n) is 13.5. The number of sulfonamides is 1. The molecule has 0 radical (unpaired) electrons. The predicted octanol–water partition coefficient (Wildman–Crippen LogP) is 3.44. The van der Waals surface area contributed by atoms with Crippen LogP contribution in [0.25, 0.3) is 11.5 Å². The molecule has 2 heterocycles. The highest BCUT2D eigenvalue weighted by Crippen LogP contribution is 2.19. The van der Waals surface area contributed by atoms with Crippen LogP contribution in [0.2, 0.25) is 0 Å². The lowest BCUT2D eigenvalue weighted by Gasteiger charge is -2.10. The van der Waals surface area contributed by atoms with Crippen molar-refractivity contribution >= 4 is 10.0 Å². The number of hydrogen-bond acceptors (Lipinski definition) is 4. The lowest BCUT2D eigenvalue weighted by molar-refractivity contribution is 0.579. The summed E-state index contributed by atoms with van der Waals surface area (Å²) in [6.45, 7) is 3.92. The summed E-state index contributed by atoms with van der Waals surface area (Å²) >= 11 is 0. The molecule has 0 spiro atoms. The third-order valence-corrected chi connectivity index (χ3v) is 5.25. The van der Waals surface area contributed by atoms with Gasteiger partial charge < -0.3 is 4.42 Å². The number of aryl methyl sites for hydroxylation is 2. The molecule has 0 unspecified atom stereocenters. The SMILES string of the molecule is Cc1ccc(S(=O)(=O)NCc2ccnc(-c3ccco3)c2)c(C)c1. The van der Waals surface area contributed by atoms with Gasteiger partial charge in [-0.05, 0) is 55.3 Å². The van der Waals surface area contributed by atoms with Gasteiger partial charge in [-0.1, -0.05) is 17.7 Å². The molecule has 0 aliphatic heterocycles. The number of nitrogens with one attached hydrogen (secondary N) is 1.